The van der Waals surface area contributed by atoms with E-state index in [-0.39, 0.29) is 5.84 Å². The van der Waals surface area contributed by atoms with Crippen molar-refractivity contribution in [3.63, 3.8) is 0 Å². The lowest BCUT2D eigenvalue weighted by Crippen LogP contribution is -2.21. The van der Waals surface area contributed by atoms with Crippen molar-refractivity contribution in [2.75, 3.05) is 19.8 Å². The molecule has 1 rings (SSSR count). The highest BCUT2D eigenvalue weighted by atomic mass is 19.1. The van der Waals surface area contributed by atoms with Crippen LogP contribution in [0.1, 0.15) is 37.3 Å². The Bertz CT molecular complexity index is 453. The minimum atomic E-state index is -0.412. The molecule has 5 nitrogen and oxygen atoms in total. The minimum Gasteiger partial charge on any atom is -0.409 e. The summed E-state index contributed by atoms with van der Waals surface area (Å²) in [4.78, 5) is 0. The molecular formula is C15H24FN3O2. The summed E-state index contributed by atoms with van der Waals surface area (Å²) in [6.07, 6.45) is 3.13. The van der Waals surface area contributed by atoms with E-state index in [1.165, 1.54) is 12.1 Å². The molecule has 21 heavy (non-hydrogen) atoms. The number of benzene rings is 1. The summed E-state index contributed by atoms with van der Waals surface area (Å²) in [5, 5.41) is 14.9. The Morgan fingerprint density at radius 2 is 2.14 bits per heavy atom. The third-order valence-electron chi connectivity index (χ3n) is 3.06. The van der Waals surface area contributed by atoms with Gasteiger partial charge in [-0.05, 0) is 37.1 Å². The van der Waals surface area contributed by atoms with Crippen LogP contribution in [-0.2, 0) is 11.3 Å². The Hall–Kier alpha value is -1.66. The zero-order valence-electron chi connectivity index (χ0n) is 12.4. The predicted molar refractivity (Wildman–Crippen MR) is 81.0 cm³/mol. The fourth-order valence-electron chi connectivity index (χ4n) is 1.87. The van der Waals surface area contributed by atoms with Crippen LogP contribution in [0.15, 0.2) is 23.4 Å². The van der Waals surface area contributed by atoms with E-state index in [0.29, 0.717) is 12.1 Å². The van der Waals surface area contributed by atoms with E-state index in [1.54, 1.807) is 6.07 Å². The number of halogens is 1. The average Bonchev–Trinajstić information content (AvgIpc) is 2.50. The summed E-state index contributed by atoms with van der Waals surface area (Å²) in [5.74, 6) is -0.501. The number of hydrogen-bond acceptors (Lipinski definition) is 4. The lowest BCUT2D eigenvalue weighted by molar-refractivity contribution is 0.129. The number of nitrogens with one attached hydrogen (secondary N) is 1. The Morgan fingerprint density at radius 3 is 2.86 bits per heavy atom. The fraction of sp³-hybridized carbons (Fsp3) is 0.533. The number of nitrogens with two attached hydrogens (primary N) is 1. The number of nitrogens with zero attached hydrogens (tertiary/aromatic N) is 1. The highest BCUT2D eigenvalue weighted by Crippen LogP contribution is 2.11. The number of unbranched alkanes of at least 4 members (excludes halogenated alkanes) is 1. The Balaban J connectivity index is 2.35. The molecule has 1 aromatic rings. The summed E-state index contributed by atoms with van der Waals surface area (Å²) in [7, 11) is 0. The van der Waals surface area contributed by atoms with Crippen molar-refractivity contribution in [3.8, 4) is 0 Å². The molecule has 0 aliphatic rings. The van der Waals surface area contributed by atoms with Crippen LogP contribution < -0.4 is 11.1 Å². The number of rotatable bonds is 10. The maximum absolute atomic E-state index is 13.2. The summed E-state index contributed by atoms with van der Waals surface area (Å²) in [6, 6.07) is 4.26. The van der Waals surface area contributed by atoms with E-state index in [4.69, 9.17) is 15.7 Å². The van der Waals surface area contributed by atoms with Gasteiger partial charge >= 0.3 is 0 Å². The molecule has 0 aromatic heterocycles. The van der Waals surface area contributed by atoms with Gasteiger partial charge in [0, 0.05) is 25.3 Å². The first-order valence-corrected chi connectivity index (χ1v) is 7.23. The molecule has 4 N–H and O–H groups in total. The van der Waals surface area contributed by atoms with Gasteiger partial charge in [-0.2, -0.15) is 0 Å². The summed E-state index contributed by atoms with van der Waals surface area (Å²) >= 11 is 0. The van der Waals surface area contributed by atoms with Gasteiger partial charge in [-0.25, -0.2) is 4.39 Å². The first-order valence-electron chi connectivity index (χ1n) is 7.23. The summed E-state index contributed by atoms with van der Waals surface area (Å²) in [5.41, 5.74) is 6.74. The van der Waals surface area contributed by atoms with Crippen LogP contribution >= 0.6 is 0 Å². The van der Waals surface area contributed by atoms with Gasteiger partial charge < -0.3 is 21.0 Å². The molecule has 0 heterocycles. The van der Waals surface area contributed by atoms with Crippen LogP contribution in [0.3, 0.4) is 0 Å². The lowest BCUT2D eigenvalue weighted by Gasteiger charge is -2.10. The van der Waals surface area contributed by atoms with Gasteiger partial charge in [-0.1, -0.05) is 24.6 Å². The van der Waals surface area contributed by atoms with Crippen molar-refractivity contribution in [2.24, 2.45) is 10.9 Å². The SMILES string of the molecule is CCCCOCCCNCc1ccc(F)cc1/C(N)=N/O. The molecule has 0 fully saturated rings. The van der Waals surface area contributed by atoms with Crippen molar-refractivity contribution in [1.82, 2.24) is 5.32 Å². The van der Waals surface area contributed by atoms with Gasteiger partial charge in [0.2, 0.25) is 0 Å². The van der Waals surface area contributed by atoms with Gasteiger partial charge in [-0.3, -0.25) is 0 Å². The van der Waals surface area contributed by atoms with E-state index in [2.05, 4.69) is 17.4 Å². The van der Waals surface area contributed by atoms with Crippen LogP contribution in [0.2, 0.25) is 0 Å². The van der Waals surface area contributed by atoms with Gasteiger partial charge in [0.1, 0.15) is 5.82 Å². The standard InChI is InChI=1S/C15H24FN3O2/c1-2-3-8-21-9-4-7-18-11-12-5-6-13(16)10-14(12)15(17)19-20/h5-6,10,18,20H,2-4,7-9,11H2,1H3,(H2,17,19). The second kappa shape index (κ2) is 10.1. The van der Waals surface area contributed by atoms with Crippen molar-refractivity contribution in [3.05, 3.63) is 35.1 Å². The number of hydrogen-bond donors (Lipinski definition) is 3. The Labute approximate surface area is 125 Å². The predicted octanol–water partition coefficient (Wildman–Crippen LogP) is 2.22. The molecule has 0 bridgehead atoms. The van der Waals surface area contributed by atoms with Gasteiger partial charge in [0.15, 0.2) is 5.84 Å². The van der Waals surface area contributed by atoms with E-state index in [9.17, 15) is 4.39 Å². The highest BCUT2D eigenvalue weighted by molar-refractivity contribution is 5.98. The van der Waals surface area contributed by atoms with Crippen molar-refractivity contribution >= 4 is 5.84 Å². The molecule has 0 unspecified atom stereocenters. The highest BCUT2D eigenvalue weighted by Gasteiger charge is 2.08. The normalized spacial score (nSPS) is 11.8. The fourth-order valence-corrected chi connectivity index (χ4v) is 1.87. The monoisotopic (exact) mass is 297 g/mol. The topological polar surface area (TPSA) is 79.9 Å². The third-order valence-corrected chi connectivity index (χ3v) is 3.06. The summed E-state index contributed by atoms with van der Waals surface area (Å²) in [6.45, 7) is 4.98. The minimum absolute atomic E-state index is 0.0887. The second-order valence-electron chi connectivity index (χ2n) is 4.78. The Morgan fingerprint density at radius 1 is 1.38 bits per heavy atom. The molecule has 118 valence electrons. The van der Waals surface area contributed by atoms with Crippen LogP contribution in [0, 0.1) is 5.82 Å². The lowest BCUT2D eigenvalue weighted by atomic mass is 10.1. The molecule has 0 atom stereocenters. The molecule has 1 aromatic carbocycles. The van der Waals surface area contributed by atoms with Gasteiger partial charge in [0.25, 0.3) is 0 Å². The first kappa shape index (κ1) is 17.4. The molecule has 6 heteroatoms. The van der Waals surface area contributed by atoms with Gasteiger partial charge in [0.05, 0.1) is 0 Å². The number of oxime groups is 1. The molecule has 0 saturated carbocycles. The molecule has 0 aliphatic carbocycles. The molecule has 0 spiro atoms. The van der Waals surface area contributed by atoms with Crippen molar-refractivity contribution < 1.29 is 14.3 Å². The van der Waals surface area contributed by atoms with E-state index >= 15 is 0 Å². The molecule has 0 saturated heterocycles. The van der Waals surface area contributed by atoms with Crippen LogP contribution in [0.5, 0.6) is 0 Å². The maximum atomic E-state index is 13.2. The second-order valence-corrected chi connectivity index (χ2v) is 4.78. The van der Waals surface area contributed by atoms with Gasteiger partial charge in [-0.15, -0.1) is 0 Å². The van der Waals surface area contributed by atoms with E-state index in [0.717, 1.165) is 44.6 Å². The largest absolute Gasteiger partial charge is 0.409 e. The first-order chi connectivity index (χ1) is 10.2. The smallest absolute Gasteiger partial charge is 0.170 e. The van der Waals surface area contributed by atoms with Crippen LogP contribution in [0.4, 0.5) is 4.39 Å². The molecule has 0 amide bonds. The number of amidine groups is 1. The van der Waals surface area contributed by atoms with Crippen LogP contribution in [-0.4, -0.2) is 30.8 Å². The zero-order valence-corrected chi connectivity index (χ0v) is 12.4. The van der Waals surface area contributed by atoms with Crippen molar-refractivity contribution in [1.29, 1.82) is 0 Å². The van der Waals surface area contributed by atoms with E-state index < -0.39 is 5.82 Å². The molecular weight excluding hydrogens is 273 g/mol. The van der Waals surface area contributed by atoms with E-state index in [1.807, 2.05) is 0 Å². The average molecular weight is 297 g/mol. The van der Waals surface area contributed by atoms with Crippen LogP contribution in [0.25, 0.3) is 0 Å². The molecule has 0 aliphatic heterocycles. The zero-order chi connectivity index (χ0) is 15.5. The quantitative estimate of drug-likeness (QED) is 0.203. The third kappa shape index (κ3) is 6.55. The maximum Gasteiger partial charge on any atom is 0.170 e. The summed E-state index contributed by atoms with van der Waals surface area (Å²) < 4.78 is 18.7. The molecule has 0 radical (unpaired) electrons. The number of ether oxygens (including phenoxy) is 1. The van der Waals surface area contributed by atoms with Crippen molar-refractivity contribution in [2.45, 2.75) is 32.7 Å². The Kier molecular flexibility index (Phi) is 8.38.